The van der Waals surface area contributed by atoms with Gasteiger partial charge in [0.1, 0.15) is 5.75 Å². The molecule has 0 unspecified atom stereocenters. The van der Waals surface area contributed by atoms with Crippen LogP contribution in [0.2, 0.25) is 0 Å². The molecular formula is C16H14F3NO3S. The second kappa shape index (κ2) is 5.41. The highest BCUT2D eigenvalue weighted by Crippen LogP contribution is 2.42. The summed E-state index contributed by atoms with van der Waals surface area (Å²) in [6.07, 6.45) is -4.55. The third-order valence-electron chi connectivity index (χ3n) is 3.87. The van der Waals surface area contributed by atoms with Crippen LogP contribution in [0.1, 0.15) is 6.92 Å². The third-order valence-corrected chi connectivity index (χ3v) is 5.63. The van der Waals surface area contributed by atoms with Crippen LogP contribution in [0.5, 0.6) is 5.75 Å². The minimum Gasteiger partial charge on any atom is -0.474 e. The van der Waals surface area contributed by atoms with Crippen molar-refractivity contribution in [1.82, 2.24) is 0 Å². The van der Waals surface area contributed by atoms with Crippen LogP contribution in [0, 0.1) is 0 Å². The molecule has 0 saturated heterocycles. The molecule has 1 heterocycles. The number of benzene rings is 2. The van der Waals surface area contributed by atoms with E-state index < -0.39 is 28.2 Å². The van der Waals surface area contributed by atoms with Crippen LogP contribution in [0.25, 0.3) is 0 Å². The number of halogens is 3. The van der Waals surface area contributed by atoms with E-state index in [2.05, 4.69) is 5.32 Å². The summed E-state index contributed by atoms with van der Waals surface area (Å²) < 4.78 is 69.3. The van der Waals surface area contributed by atoms with E-state index in [1.807, 2.05) is 0 Å². The first-order valence-electron chi connectivity index (χ1n) is 7.07. The SMILES string of the molecule is C[C@]1(C(F)(F)F)CNc2cc(S(=O)(=O)c3ccccc3)ccc2O1. The van der Waals surface area contributed by atoms with E-state index in [1.54, 1.807) is 18.2 Å². The smallest absolute Gasteiger partial charge is 0.429 e. The molecule has 1 aliphatic rings. The molecule has 0 aromatic heterocycles. The molecule has 0 fully saturated rings. The molecular weight excluding hydrogens is 343 g/mol. The molecule has 1 aliphatic heterocycles. The van der Waals surface area contributed by atoms with Crippen molar-refractivity contribution in [3.05, 3.63) is 48.5 Å². The fourth-order valence-electron chi connectivity index (χ4n) is 2.34. The predicted molar refractivity (Wildman–Crippen MR) is 81.9 cm³/mol. The standard InChI is InChI=1S/C16H14F3NO3S/c1-15(16(17,18)19)10-20-13-9-12(7-8-14(13)23-15)24(21,22)11-5-3-2-4-6-11/h2-9,20H,10H2,1H3/t15-/m1/s1. The molecule has 1 atom stereocenters. The van der Waals surface area contributed by atoms with E-state index in [-0.39, 0.29) is 21.2 Å². The molecule has 1 N–H and O–H groups in total. The molecule has 2 aromatic rings. The normalized spacial score (nSPS) is 20.7. The highest BCUT2D eigenvalue weighted by molar-refractivity contribution is 7.91. The van der Waals surface area contributed by atoms with Gasteiger partial charge in [-0.1, -0.05) is 18.2 Å². The van der Waals surface area contributed by atoms with Gasteiger partial charge in [-0.2, -0.15) is 13.2 Å². The minimum absolute atomic E-state index is 0.0147. The Morgan fingerprint density at radius 3 is 2.38 bits per heavy atom. The van der Waals surface area contributed by atoms with Crippen LogP contribution in [-0.2, 0) is 9.84 Å². The van der Waals surface area contributed by atoms with Gasteiger partial charge in [-0.15, -0.1) is 0 Å². The molecule has 0 amide bonds. The van der Waals surface area contributed by atoms with Gasteiger partial charge in [0.25, 0.3) is 0 Å². The first-order valence-corrected chi connectivity index (χ1v) is 8.56. The highest BCUT2D eigenvalue weighted by atomic mass is 32.2. The molecule has 8 heteroatoms. The molecule has 0 radical (unpaired) electrons. The molecule has 0 saturated carbocycles. The zero-order valence-corrected chi connectivity index (χ0v) is 13.4. The van der Waals surface area contributed by atoms with Gasteiger partial charge in [-0.25, -0.2) is 8.42 Å². The fourth-order valence-corrected chi connectivity index (χ4v) is 3.65. The summed E-state index contributed by atoms with van der Waals surface area (Å²) in [5.74, 6) is -0.0342. The molecule has 0 bridgehead atoms. The van der Waals surface area contributed by atoms with Crippen molar-refractivity contribution >= 4 is 15.5 Å². The minimum atomic E-state index is -4.55. The lowest BCUT2D eigenvalue weighted by atomic mass is 10.0. The molecule has 4 nitrogen and oxygen atoms in total. The van der Waals surface area contributed by atoms with Crippen molar-refractivity contribution in [3.63, 3.8) is 0 Å². The Morgan fingerprint density at radius 2 is 1.75 bits per heavy atom. The van der Waals surface area contributed by atoms with Crippen molar-refractivity contribution < 1.29 is 26.3 Å². The van der Waals surface area contributed by atoms with Crippen LogP contribution in [0.4, 0.5) is 18.9 Å². The van der Waals surface area contributed by atoms with E-state index in [9.17, 15) is 21.6 Å². The lowest BCUT2D eigenvalue weighted by Gasteiger charge is -2.37. The Bertz CT molecular complexity index is 866. The first kappa shape index (κ1) is 16.6. The van der Waals surface area contributed by atoms with Crippen LogP contribution in [0.15, 0.2) is 58.3 Å². The van der Waals surface area contributed by atoms with E-state index in [0.717, 1.165) is 6.92 Å². The summed E-state index contributed by atoms with van der Waals surface area (Å²) in [7, 11) is -3.75. The number of fused-ring (bicyclic) bond motifs is 1. The summed E-state index contributed by atoms with van der Waals surface area (Å²) in [5, 5.41) is 2.61. The second-order valence-electron chi connectivity index (χ2n) is 5.66. The number of nitrogens with one attached hydrogen (secondary N) is 1. The second-order valence-corrected chi connectivity index (χ2v) is 7.61. The molecule has 128 valence electrons. The van der Waals surface area contributed by atoms with Gasteiger partial charge in [0, 0.05) is 0 Å². The van der Waals surface area contributed by atoms with Crippen molar-refractivity contribution in [2.45, 2.75) is 28.5 Å². The lowest BCUT2D eigenvalue weighted by Crippen LogP contribution is -2.54. The summed E-state index contributed by atoms with van der Waals surface area (Å²) in [6.45, 7) is 0.440. The number of anilines is 1. The van der Waals surface area contributed by atoms with Crippen molar-refractivity contribution in [2.24, 2.45) is 0 Å². The zero-order valence-electron chi connectivity index (χ0n) is 12.6. The maximum atomic E-state index is 13.0. The summed E-state index contributed by atoms with van der Waals surface area (Å²) >= 11 is 0. The van der Waals surface area contributed by atoms with Gasteiger partial charge in [0.2, 0.25) is 15.4 Å². The van der Waals surface area contributed by atoms with Crippen LogP contribution < -0.4 is 10.1 Å². The number of alkyl halides is 3. The lowest BCUT2D eigenvalue weighted by molar-refractivity contribution is -0.237. The van der Waals surface area contributed by atoms with Gasteiger partial charge in [-0.05, 0) is 37.3 Å². The number of hydrogen-bond donors (Lipinski definition) is 1. The summed E-state index contributed by atoms with van der Waals surface area (Å²) in [5.41, 5.74) is -2.14. The number of rotatable bonds is 2. The molecule has 24 heavy (non-hydrogen) atoms. The number of ether oxygens (including phenoxy) is 1. The van der Waals surface area contributed by atoms with E-state index in [1.165, 1.54) is 30.3 Å². The topological polar surface area (TPSA) is 55.4 Å². The Morgan fingerprint density at radius 1 is 1.08 bits per heavy atom. The average Bonchev–Trinajstić information content (AvgIpc) is 2.54. The first-order chi connectivity index (χ1) is 11.1. The fraction of sp³-hybridized carbons (Fsp3) is 0.250. The van der Waals surface area contributed by atoms with E-state index >= 15 is 0 Å². The number of hydrogen-bond acceptors (Lipinski definition) is 4. The Hall–Kier alpha value is -2.22. The third kappa shape index (κ3) is 2.71. The van der Waals surface area contributed by atoms with Crippen LogP contribution in [-0.4, -0.2) is 26.7 Å². The monoisotopic (exact) mass is 357 g/mol. The highest BCUT2D eigenvalue weighted by Gasteiger charge is 2.55. The van der Waals surface area contributed by atoms with E-state index in [0.29, 0.717) is 0 Å². The maximum absolute atomic E-state index is 13.0. The summed E-state index contributed by atoms with van der Waals surface area (Å²) in [4.78, 5) is 0.0981. The Kier molecular flexibility index (Phi) is 3.75. The van der Waals surface area contributed by atoms with Gasteiger partial charge >= 0.3 is 6.18 Å². The molecule has 3 rings (SSSR count). The van der Waals surface area contributed by atoms with Crippen molar-refractivity contribution in [1.29, 1.82) is 0 Å². The van der Waals surface area contributed by atoms with Gasteiger partial charge in [0.05, 0.1) is 22.0 Å². The van der Waals surface area contributed by atoms with Crippen LogP contribution in [0.3, 0.4) is 0 Å². The van der Waals surface area contributed by atoms with Gasteiger partial charge < -0.3 is 10.1 Å². The quantitative estimate of drug-likeness (QED) is 0.892. The average molecular weight is 357 g/mol. The van der Waals surface area contributed by atoms with Gasteiger partial charge in [0.15, 0.2) is 0 Å². The van der Waals surface area contributed by atoms with E-state index in [4.69, 9.17) is 4.74 Å². The van der Waals surface area contributed by atoms with Crippen molar-refractivity contribution in [3.8, 4) is 5.75 Å². The maximum Gasteiger partial charge on any atom is 0.429 e. The van der Waals surface area contributed by atoms with Crippen molar-refractivity contribution in [2.75, 3.05) is 11.9 Å². The molecule has 2 aromatic carbocycles. The summed E-state index contributed by atoms with van der Waals surface area (Å²) in [6, 6.07) is 11.6. The molecule has 0 spiro atoms. The Labute approximate surface area is 137 Å². The largest absolute Gasteiger partial charge is 0.474 e. The molecule has 0 aliphatic carbocycles. The predicted octanol–water partition coefficient (Wildman–Crippen LogP) is 3.64. The van der Waals surface area contributed by atoms with Crippen LogP contribution >= 0.6 is 0 Å². The Balaban J connectivity index is 1.98. The zero-order chi connectivity index (χ0) is 17.6. The number of sulfone groups is 1. The van der Waals surface area contributed by atoms with Gasteiger partial charge in [-0.3, -0.25) is 0 Å².